The van der Waals surface area contributed by atoms with Crippen LogP contribution in [-0.2, 0) is 4.74 Å². The van der Waals surface area contributed by atoms with Gasteiger partial charge in [0.1, 0.15) is 11.6 Å². The Kier molecular flexibility index (Phi) is 7.48. The summed E-state index contributed by atoms with van der Waals surface area (Å²) in [5, 5.41) is 3.28. The number of carbonyl (C=O) groups excluding carboxylic acids is 1. The standard InChI is InChI=1S/C27H30FN3O2/c1-17(2)11-12-29-26-10-7-20(16-30-26)23-13-19(4)24(14-18(23)3)22-9-8-21(15-25(22)28)31(5)27(32)33-6/h7-11,13-16H,12H2,1-6H3,(H,29,30). The summed E-state index contributed by atoms with van der Waals surface area (Å²) in [5.41, 5.74) is 7.03. The summed E-state index contributed by atoms with van der Waals surface area (Å²) in [6, 6.07) is 12.8. The summed E-state index contributed by atoms with van der Waals surface area (Å²) in [7, 11) is 2.84. The topological polar surface area (TPSA) is 54.5 Å². The number of anilines is 2. The molecule has 0 spiro atoms. The fourth-order valence-corrected chi connectivity index (χ4v) is 3.61. The molecule has 3 rings (SSSR count). The second-order valence-corrected chi connectivity index (χ2v) is 8.27. The van der Waals surface area contributed by atoms with E-state index in [4.69, 9.17) is 4.74 Å². The van der Waals surface area contributed by atoms with Crippen molar-refractivity contribution < 1.29 is 13.9 Å². The quantitative estimate of drug-likeness (QED) is 0.425. The molecule has 0 aliphatic heterocycles. The minimum atomic E-state index is -0.551. The van der Waals surface area contributed by atoms with Crippen molar-refractivity contribution in [2.75, 3.05) is 30.9 Å². The number of allylic oxidation sites excluding steroid dienone is 1. The first kappa shape index (κ1) is 24.0. The van der Waals surface area contributed by atoms with Gasteiger partial charge in [-0.1, -0.05) is 23.8 Å². The highest BCUT2D eigenvalue weighted by Gasteiger charge is 2.16. The molecular weight excluding hydrogens is 417 g/mol. The second-order valence-electron chi connectivity index (χ2n) is 8.27. The Morgan fingerprint density at radius 1 is 1.06 bits per heavy atom. The summed E-state index contributed by atoms with van der Waals surface area (Å²) in [6.45, 7) is 8.84. The fraction of sp³-hybridized carbons (Fsp3) is 0.259. The molecule has 3 aromatic rings. The maximum atomic E-state index is 15.0. The van der Waals surface area contributed by atoms with Crippen molar-refractivity contribution in [1.29, 1.82) is 0 Å². The highest BCUT2D eigenvalue weighted by atomic mass is 19.1. The molecule has 2 aromatic carbocycles. The van der Waals surface area contributed by atoms with Crippen molar-refractivity contribution in [3.63, 3.8) is 0 Å². The lowest BCUT2D eigenvalue weighted by Gasteiger charge is -2.18. The number of carbonyl (C=O) groups is 1. The van der Waals surface area contributed by atoms with Crippen LogP contribution < -0.4 is 10.2 Å². The Morgan fingerprint density at radius 2 is 1.76 bits per heavy atom. The molecule has 1 heterocycles. The number of benzene rings is 2. The van der Waals surface area contributed by atoms with Gasteiger partial charge in [0.05, 0.1) is 7.11 Å². The first-order valence-electron chi connectivity index (χ1n) is 10.8. The number of nitrogens with one attached hydrogen (secondary N) is 1. The van der Waals surface area contributed by atoms with E-state index in [9.17, 15) is 9.18 Å². The predicted octanol–water partition coefficient (Wildman–Crippen LogP) is 6.75. The lowest BCUT2D eigenvalue weighted by Crippen LogP contribution is -2.25. The van der Waals surface area contributed by atoms with Gasteiger partial charge in [-0.25, -0.2) is 14.2 Å². The molecule has 172 valence electrons. The number of amides is 1. The largest absolute Gasteiger partial charge is 0.452 e. The molecule has 6 heteroatoms. The lowest BCUT2D eigenvalue weighted by molar-refractivity contribution is 0.180. The van der Waals surface area contributed by atoms with E-state index in [2.05, 4.69) is 36.3 Å². The number of nitrogens with zero attached hydrogens (tertiary/aromatic N) is 2. The van der Waals surface area contributed by atoms with Crippen molar-refractivity contribution >= 4 is 17.6 Å². The third-order valence-electron chi connectivity index (χ3n) is 5.52. The first-order chi connectivity index (χ1) is 15.7. The van der Waals surface area contributed by atoms with Crippen LogP contribution in [-0.4, -0.2) is 31.8 Å². The van der Waals surface area contributed by atoms with Crippen LogP contribution in [0.4, 0.5) is 20.7 Å². The Bertz CT molecular complexity index is 1180. The van der Waals surface area contributed by atoms with Gasteiger partial charge in [-0.3, -0.25) is 4.90 Å². The van der Waals surface area contributed by atoms with Crippen LogP contribution >= 0.6 is 0 Å². The fourth-order valence-electron chi connectivity index (χ4n) is 3.61. The van der Waals surface area contributed by atoms with Gasteiger partial charge in [0, 0.05) is 36.6 Å². The number of aryl methyl sites for hydroxylation is 2. The van der Waals surface area contributed by atoms with Gasteiger partial charge in [-0.2, -0.15) is 0 Å². The molecule has 1 N–H and O–H groups in total. The molecule has 0 bridgehead atoms. The van der Waals surface area contributed by atoms with Gasteiger partial charge in [0.15, 0.2) is 0 Å². The van der Waals surface area contributed by atoms with Gasteiger partial charge < -0.3 is 10.1 Å². The molecule has 0 saturated carbocycles. The first-order valence-corrected chi connectivity index (χ1v) is 10.8. The van der Waals surface area contributed by atoms with Gasteiger partial charge >= 0.3 is 6.09 Å². The number of hydrogen-bond acceptors (Lipinski definition) is 4. The molecule has 0 fully saturated rings. The van der Waals surface area contributed by atoms with E-state index in [1.807, 2.05) is 38.2 Å². The molecule has 0 radical (unpaired) electrons. The normalized spacial score (nSPS) is 10.5. The van der Waals surface area contributed by atoms with Gasteiger partial charge in [-0.05, 0) is 80.3 Å². The van der Waals surface area contributed by atoms with Crippen LogP contribution in [0, 0.1) is 19.7 Å². The van der Waals surface area contributed by atoms with E-state index in [0.29, 0.717) is 11.3 Å². The minimum Gasteiger partial charge on any atom is -0.452 e. The molecule has 0 atom stereocenters. The van der Waals surface area contributed by atoms with Crippen LogP contribution in [0.2, 0.25) is 0 Å². The van der Waals surface area contributed by atoms with Crippen LogP contribution in [0.25, 0.3) is 22.3 Å². The number of ether oxygens (including phenoxy) is 1. The third kappa shape index (κ3) is 5.58. The SMILES string of the molecule is COC(=O)N(C)c1ccc(-c2cc(C)c(-c3ccc(NCC=C(C)C)nc3)cc2C)c(F)c1. The van der Waals surface area contributed by atoms with E-state index in [-0.39, 0.29) is 0 Å². The summed E-state index contributed by atoms with van der Waals surface area (Å²) in [6.07, 6.45) is 3.41. The zero-order valence-electron chi connectivity index (χ0n) is 20.0. The zero-order chi connectivity index (χ0) is 24.1. The van der Waals surface area contributed by atoms with Crippen molar-refractivity contribution in [2.45, 2.75) is 27.7 Å². The summed E-state index contributed by atoms with van der Waals surface area (Å²) >= 11 is 0. The number of rotatable bonds is 6. The van der Waals surface area contributed by atoms with E-state index in [1.54, 1.807) is 19.2 Å². The summed E-state index contributed by atoms with van der Waals surface area (Å²) < 4.78 is 19.7. The molecule has 0 aliphatic rings. The molecule has 1 aromatic heterocycles. The van der Waals surface area contributed by atoms with E-state index < -0.39 is 11.9 Å². The molecule has 1 amide bonds. The predicted molar refractivity (Wildman–Crippen MR) is 133 cm³/mol. The third-order valence-corrected chi connectivity index (χ3v) is 5.52. The van der Waals surface area contributed by atoms with Crippen molar-refractivity contribution in [3.05, 3.63) is 77.3 Å². The highest BCUT2D eigenvalue weighted by molar-refractivity contribution is 5.87. The zero-order valence-corrected chi connectivity index (χ0v) is 20.0. The smallest absolute Gasteiger partial charge is 0.413 e. The van der Waals surface area contributed by atoms with Gasteiger partial charge in [0.2, 0.25) is 0 Å². The van der Waals surface area contributed by atoms with Crippen LogP contribution in [0.15, 0.2) is 60.3 Å². The van der Waals surface area contributed by atoms with Crippen LogP contribution in [0.1, 0.15) is 25.0 Å². The second kappa shape index (κ2) is 10.3. The summed E-state index contributed by atoms with van der Waals surface area (Å²) in [4.78, 5) is 17.5. The minimum absolute atomic E-state index is 0.396. The number of halogens is 1. The molecule has 0 unspecified atom stereocenters. The summed E-state index contributed by atoms with van der Waals surface area (Å²) in [5.74, 6) is 0.424. The molecule has 0 saturated heterocycles. The van der Waals surface area contributed by atoms with Crippen molar-refractivity contribution in [1.82, 2.24) is 4.98 Å². The van der Waals surface area contributed by atoms with E-state index >= 15 is 0 Å². The number of aromatic nitrogens is 1. The van der Waals surface area contributed by atoms with Crippen LogP contribution in [0.3, 0.4) is 0 Å². The maximum Gasteiger partial charge on any atom is 0.413 e. The molecule has 33 heavy (non-hydrogen) atoms. The Balaban J connectivity index is 1.88. The lowest BCUT2D eigenvalue weighted by atomic mass is 9.92. The number of hydrogen-bond donors (Lipinski definition) is 1. The maximum absolute atomic E-state index is 15.0. The van der Waals surface area contributed by atoms with E-state index in [1.165, 1.54) is 23.6 Å². The molecule has 0 aliphatic carbocycles. The Hall–Kier alpha value is -3.67. The highest BCUT2D eigenvalue weighted by Crippen LogP contribution is 2.34. The average Bonchev–Trinajstić information content (AvgIpc) is 2.79. The van der Waals surface area contributed by atoms with Gasteiger partial charge in [-0.15, -0.1) is 0 Å². The van der Waals surface area contributed by atoms with Crippen LogP contribution in [0.5, 0.6) is 0 Å². The number of pyridine rings is 1. The van der Waals surface area contributed by atoms with E-state index in [0.717, 1.165) is 40.2 Å². The number of methoxy groups -OCH3 is 1. The molecular formula is C27H30FN3O2. The Morgan fingerprint density at radius 3 is 2.36 bits per heavy atom. The average molecular weight is 448 g/mol. The molecule has 5 nitrogen and oxygen atoms in total. The monoisotopic (exact) mass is 447 g/mol. The van der Waals surface area contributed by atoms with Crippen molar-refractivity contribution in [2.24, 2.45) is 0 Å². The van der Waals surface area contributed by atoms with Gasteiger partial charge in [0.25, 0.3) is 0 Å². The van der Waals surface area contributed by atoms with Crippen molar-refractivity contribution in [3.8, 4) is 22.3 Å². The Labute approximate surface area is 194 Å².